The fourth-order valence-electron chi connectivity index (χ4n) is 1.95. The number of pyridine rings is 1. The predicted octanol–water partition coefficient (Wildman–Crippen LogP) is 2.28. The highest BCUT2D eigenvalue weighted by Crippen LogP contribution is 2.06. The average Bonchev–Trinajstić information content (AvgIpc) is 2.28. The van der Waals surface area contributed by atoms with E-state index < -0.39 is 0 Å². The third-order valence-electron chi connectivity index (χ3n) is 2.68. The summed E-state index contributed by atoms with van der Waals surface area (Å²) < 4.78 is 0. The fraction of sp³-hybridized carbons (Fsp3) is 0.643. The van der Waals surface area contributed by atoms with E-state index in [9.17, 15) is 0 Å². The lowest BCUT2D eigenvalue weighted by molar-refractivity contribution is 0.245. The molecule has 17 heavy (non-hydrogen) atoms. The van der Waals surface area contributed by atoms with Gasteiger partial charge in [0, 0.05) is 19.6 Å². The van der Waals surface area contributed by atoms with Crippen molar-refractivity contribution in [2.24, 2.45) is 5.92 Å². The van der Waals surface area contributed by atoms with E-state index in [0.29, 0.717) is 5.92 Å². The Labute approximate surface area is 105 Å². The Morgan fingerprint density at radius 3 is 2.59 bits per heavy atom. The molecule has 0 aliphatic heterocycles. The van der Waals surface area contributed by atoms with Crippen molar-refractivity contribution in [1.29, 1.82) is 0 Å². The molecule has 0 aliphatic carbocycles. The summed E-state index contributed by atoms with van der Waals surface area (Å²) >= 11 is 0. The van der Waals surface area contributed by atoms with Gasteiger partial charge in [-0.15, -0.1) is 0 Å². The lowest BCUT2D eigenvalue weighted by atomic mass is 10.2. The summed E-state index contributed by atoms with van der Waals surface area (Å²) in [7, 11) is 1.95. The maximum absolute atomic E-state index is 4.65. The molecular weight excluding hydrogens is 210 g/mol. The Morgan fingerprint density at radius 1 is 1.29 bits per heavy atom. The molecule has 0 bridgehead atoms. The molecule has 1 aromatic rings. The number of hydrogen-bond acceptors (Lipinski definition) is 3. The Kier molecular flexibility index (Phi) is 6.16. The summed E-state index contributed by atoms with van der Waals surface area (Å²) in [5.74, 6) is 0.704. The normalized spacial score (nSPS) is 11.4. The molecule has 0 aromatic carbocycles. The first kappa shape index (κ1) is 14.1. The Balaban J connectivity index is 2.62. The minimum atomic E-state index is 0.704. The molecule has 0 aliphatic rings. The second-order valence-electron chi connectivity index (χ2n) is 4.87. The molecule has 0 saturated carbocycles. The largest absolute Gasteiger partial charge is 0.314 e. The maximum Gasteiger partial charge on any atom is 0.0547 e. The van der Waals surface area contributed by atoms with Crippen molar-refractivity contribution in [2.45, 2.75) is 33.9 Å². The van der Waals surface area contributed by atoms with Crippen molar-refractivity contribution in [3.63, 3.8) is 0 Å². The first-order valence-electron chi connectivity index (χ1n) is 6.47. The van der Waals surface area contributed by atoms with Crippen LogP contribution in [0.1, 0.15) is 32.2 Å². The number of nitrogens with one attached hydrogen (secondary N) is 1. The van der Waals surface area contributed by atoms with Crippen molar-refractivity contribution in [2.75, 3.05) is 20.1 Å². The molecule has 0 amide bonds. The van der Waals surface area contributed by atoms with Crippen LogP contribution in [0.25, 0.3) is 0 Å². The van der Waals surface area contributed by atoms with Crippen LogP contribution in [0.2, 0.25) is 0 Å². The van der Waals surface area contributed by atoms with Crippen LogP contribution in [0.3, 0.4) is 0 Å². The molecule has 1 N–H and O–H groups in total. The molecule has 0 radical (unpaired) electrons. The van der Waals surface area contributed by atoms with Crippen LogP contribution < -0.4 is 5.32 Å². The highest BCUT2D eigenvalue weighted by atomic mass is 15.1. The molecule has 0 saturated heterocycles. The van der Waals surface area contributed by atoms with Crippen LogP contribution in [0.4, 0.5) is 0 Å². The highest BCUT2D eigenvalue weighted by molar-refractivity contribution is 5.11. The van der Waals surface area contributed by atoms with Gasteiger partial charge in [-0.2, -0.15) is 0 Å². The van der Waals surface area contributed by atoms with Crippen LogP contribution >= 0.6 is 0 Å². The van der Waals surface area contributed by atoms with Gasteiger partial charge in [0.05, 0.1) is 11.4 Å². The summed E-state index contributed by atoms with van der Waals surface area (Å²) in [6.07, 6.45) is 0. The predicted molar refractivity (Wildman–Crippen MR) is 72.8 cm³/mol. The monoisotopic (exact) mass is 235 g/mol. The van der Waals surface area contributed by atoms with Crippen LogP contribution in [0, 0.1) is 5.92 Å². The topological polar surface area (TPSA) is 28.2 Å². The SMILES string of the molecule is CCN(Cc1cccc(CNC)n1)CC(C)C. The Morgan fingerprint density at radius 2 is 2.00 bits per heavy atom. The first-order valence-corrected chi connectivity index (χ1v) is 6.47. The van der Waals surface area contributed by atoms with Gasteiger partial charge in [-0.1, -0.05) is 26.8 Å². The van der Waals surface area contributed by atoms with E-state index in [0.717, 1.165) is 31.9 Å². The van der Waals surface area contributed by atoms with Crippen molar-refractivity contribution in [1.82, 2.24) is 15.2 Å². The molecule has 1 aromatic heterocycles. The summed E-state index contributed by atoms with van der Waals surface area (Å²) in [5.41, 5.74) is 2.28. The lowest BCUT2D eigenvalue weighted by Crippen LogP contribution is -2.27. The van der Waals surface area contributed by atoms with E-state index in [1.165, 1.54) is 5.69 Å². The third kappa shape index (κ3) is 5.29. The van der Waals surface area contributed by atoms with Gasteiger partial charge < -0.3 is 5.32 Å². The van der Waals surface area contributed by atoms with Gasteiger partial charge in [-0.3, -0.25) is 9.88 Å². The van der Waals surface area contributed by atoms with Crippen molar-refractivity contribution >= 4 is 0 Å². The number of aromatic nitrogens is 1. The summed E-state index contributed by atoms with van der Waals surface area (Å²) in [4.78, 5) is 7.09. The standard InChI is InChI=1S/C14H25N3/c1-5-17(10-12(2)3)11-14-8-6-7-13(16-14)9-15-4/h6-8,12,15H,5,9-11H2,1-4H3. The Hall–Kier alpha value is -0.930. The Bertz CT molecular complexity index is 323. The molecule has 3 heteroatoms. The number of hydrogen-bond donors (Lipinski definition) is 1. The molecule has 0 fully saturated rings. The quantitative estimate of drug-likeness (QED) is 0.786. The molecule has 0 unspecified atom stereocenters. The molecule has 1 heterocycles. The van der Waals surface area contributed by atoms with Gasteiger partial charge in [-0.05, 0) is 31.6 Å². The minimum Gasteiger partial charge on any atom is -0.314 e. The summed E-state index contributed by atoms with van der Waals surface area (Å²) in [5, 5.41) is 3.13. The van der Waals surface area contributed by atoms with E-state index in [4.69, 9.17) is 0 Å². The fourth-order valence-corrected chi connectivity index (χ4v) is 1.95. The zero-order valence-corrected chi connectivity index (χ0v) is 11.5. The molecule has 96 valence electrons. The zero-order chi connectivity index (χ0) is 12.7. The van der Waals surface area contributed by atoms with Crippen LogP contribution in [0.5, 0.6) is 0 Å². The second kappa shape index (κ2) is 7.41. The van der Waals surface area contributed by atoms with Crippen LogP contribution in [-0.2, 0) is 13.1 Å². The highest BCUT2D eigenvalue weighted by Gasteiger charge is 2.07. The molecule has 3 nitrogen and oxygen atoms in total. The molecule has 1 rings (SSSR count). The minimum absolute atomic E-state index is 0.704. The van der Waals surface area contributed by atoms with Gasteiger partial charge in [-0.25, -0.2) is 0 Å². The second-order valence-corrected chi connectivity index (χ2v) is 4.87. The summed E-state index contributed by atoms with van der Waals surface area (Å²) in [6.45, 7) is 10.7. The summed E-state index contributed by atoms with van der Waals surface area (Å²) in [6, 6.07) is 6.28. The van der Waals surface area contributed by atoms with E-state index in [2.05, 4.69) is 54.2 Å². The molecular formula is C14H25N3. The third-order valence-corrected chi connectivity index (χ3v) is 2.68. The molecule has 0 atom stereocenters. The maximum atomic E-state index is 4.65. The van der Waals surface area contributed by atoms with Gasteiger partial charge in [0.25, 0.3) is 0 Å². The van der Waals surface area contributed by atoms with Crippen LogP contribution in [0.15, 0.2) is 18.2 Å². The van der Waals surface area contributed by atoms with E-state index in [1.807, 2.05) is 7.05 Å². The van der Waals surface area contributed by atoms with Crippen molar-refractivity contribution < 1.29 is 0 Å². The lowest BCUT2D eigenvalue weighted by Gasteiger charge is -2.22. The first-order chi connectivity index (χ1) is 8.15. The number of nitrogens with zero attached hydrogens (tertiary/aromatic N) is 2. The van der Waals surface area contributed by atoms with E-state index in [-0.39, 0.29) is 0 Å². The number of rotatable bonds is 7. The zero-order valence-electron chi connectivity index (χ0n) is 11.5. The van der Waals surface area contributed by atoms with Gasteiger partial charge in [0.15, 0.2) is 0 Å². The van der Waals surface area contributed by atoms with Crippen molar-refractivity contribution in [3.8, 4) is 0 Å². The average molecular weight is 235 g/mol. The van der Waals surface area contributed by atoms with E-state index >= 15 is 0 Å². The smallest absolute Gasteiger partial charge is 0.0547 e. The molecule has 0 spiro atoms. The van der Waals surface area contributed by atoms with Gasteiger partial charge >= 0.3 is 0 Å². The van der Waals surface area contributed by atoms with Gasteiger partial charge in [0.2, 0.25) is 0 Å². The van der Waals surface area contributed by atoms with Gasteiger partial charge in [0.1, 0.15) is 0 Å². The van der Waals surface area contributed by atoms with E-state index in [1.54, 1.807) is 0 Å². The van der Waals surface area contributed by atoms with Crippen molar-refractivity contribution in [3.05, 3.63) is 29.6 Å². The van der Waals surface area contributed by atoms with Crippen LogP contribution in [-0.4, -0.2) is 30.0 Å².